The number of fused-ring (bicyclic) bond motifs is 1. The summed E-state index contributed by atoms with van der Waals surface area (Å²) in [6, 6.07) is 7.14. The minimum atomic E-state index is -1.29. The summed E-state index contributed by atoms with van der Waals surface area (Å²) in [6.45, 7) is 1.33. The largest absolute Gasteiger partial charge is 0.423 e. The molecule has 1 unspecified atom stereocenters. The van der Waals surface area contributed by atoms with Gasteiger partial charge in [-0.3, -0.25) is 9.78 Å². The molecule has 0 saturated heterocycles. The number of halogens is 1. The van der Waals surface area contributed by atoms with E-state index in [9.17, 15) is 29.8 Å². The van der Waals surface area contributed by atoms with Gasteiger partial charge < -0.3 is 24.5 Å². The number of nitrogens with zero attached hydrogens (tertiary/aromatic N) is 3. The van der Waals surface area contributed by atoms with Crippen molar-refractivity contribution in [3.8, 4) is 5.75 Å². The summed E-state index contributed by atoms with van der Waals surface area (Å²) in [5.41, 5.74) is 2.70. The van der Waals surface area contributed by atoms with Crippen LogP contribution in [0.15, 0.2) is 30.5 Å². The molecule has 1 fully saturated rings. The summed E-state index contributed by atoms with van der Waals surface area (Å²) in [5, 5.41) is 22.1. The SMILES string of the molecule is Cc1ncc2c(c1OC(=O)CNC(=O)[C@@H]1C[C@H](O[N+](=O)[O-])[C@H](O[N+](=O)[O-])C1)COC2c1ccc(Cl)cc1. The van der Waals surface area contributed by atoms with Gasteiger partial charge in [0.25, 0.3) is 10.2 Å². The first-order valence-corrected chi connectivity index (χ1v) is 11.5. The molecule has 1 aliphatic heterocycles. The second-order valence-corrected chi connectivity index (χ2v) is 8.88. The van der Waals surface area contributed by atoms with Crippen LogP contribution in [0.25, 0.3) is 0 Å². The summed E-state index contributed by atoms with van der Waals surface area (Å²) >= 11 is 5.96. The van der Waals surface area contributed by atoms with Crippen molar-refractivity contribution in [3.63, 3.8) is 0 Å². The lowest BCUT2D eigenvalue weighted by molar-refractivity contribution is -0.797. The maximum absolute atomic E-state index is 12.5. The van der Waals surface area contributed by atoms with E-state index in [-0.39, 0.29) is 25.2 Å². The molecule has 196 valence electrons. The lowest BCUT2D eigenvalue weighted by Gasteiger charge is -2.14. The number of hydrogen-bond acceptors (Lipinski definition) is 11. The normalized spacial score (nSPS) is 22.1. The van der Waals surface area contributed by atoms with E-state index in [1.165, 1.54) is 0 Å². The fourth-order valence-electron chi connectivity index (χ4n) is 4.40. The van der Waals surface area contributed by atoms with Gasteiger partial charge >= 0.3 is 5.97 Å². The topological polar surface area (TPSA) is 182 Å². The van der Waals surface area contributed by atoms with Crippen molar-refractivity contribution in [1.29, 1.82) is 0 Å². The first-order valence-electron chi connectivity index (χ1n) is 11.1. The highest BCUT2D eigenvalue weighted by molar-refractivity contribution is 6.30. The predicted octanol–water partition coefficient (Wildman–Crippen LogP) is 2.25. The van der Waals surface area contributed by atoms with Crippen LogP contribution >= 0.6 is 11.6 Å². The number of benzene rings is 1. The van der Waals surface area contributed by atoms with E-state index < -0.39 is 52.8 Å². The van der Waals surface area contributed by atoms with Crippen molar-refractivity contribution in [2.45, 2.75) is 44.7 Å². The molecule has 1 saturated carbocycles. The van der Waals surface area contributed by atoms with Gasteiger partial charge in [-0.25, -0.2) is 4.79 Å². The third-order valence-electron chi connectivity index (χ3n) is 6.08. The molecule has 2 aliphatic rings. The summed E-state index contributed by atoms with van der Waals surface area (Å²) in [4.78, 5) is 59.5. The maximum atomic E-state index is 12.5. The lowest BCUT2D eigenvalue weighted by Crippen LogP contribution is -2.36. The van der Waals surface area contributed by atoms with Crippen molar-refractivity contribution in [2.24, 2.45) is 5.92 Å². The fraction of sp³-hybridized carbons (Fsp3) is 0.409. The summed E-state index contributed by atoms with van der Waals surface area (Å²) < 4.78 is 11.4. The molecule has 0 spiro atoms. The number of rotatable bonds is 9. The van der Waals surface area contributed by atoms with Gasteiger partial charge in [-0.15, -0.1) is 20.2 Å². The van der Waals surface area contributed by atoms with Gasteiger partial charge in [-0.2, -0.15) is 0 Å². The van der Waals surface area contributed by atoms with Crippen LogP contribution in [0.1, 0.15) is 41.3 Å². The van der Waals surface area contributed by atoms with Gasteiger partial charge in [-0.05, 0) is 37.5 Å². The standard InChI is InChI=1S/C22H21ClN4O10/c1-11-20(16-10-34-21(15(16)8-24-11)12-2-4-14(23)5-3-12)35-19(28)9-25-22(29)13-6-17(36-26(30)31)18(7-13)37-27(32)33/h2-5,8,13,17-18,21H,6-7,9-10H2,1H3,(H,25,29)/t13-,17+,18-,21?. The second kappa shape index (κ2) is 10.9. The number of carbonyl (C=O) groups excluding carboxylic acids is 2. The molecule has 1 amide bonds. The molecule has 1 aromatic carbocycles. The first kappa shape index (κ1) is 26.0. The summed E-state index contributed by atoms with van der Waals surface area (Å²) in [6.07, 6.45) is -1.74. The minimum absolute atomic E-state index is 0.179. The zero-order valence-corrected chi connectivity index (χ0v) is 20.1. The molecule has 1 aromatic heterocycles. The van der Waals surface area contributed by atoms with Gasteiger partial charge in [0.2, 0.25) is 5.91 Å². The Morgan fingerprint density at radius 1 is 1.14 bits per heavy atom. The molecule has 1 N–H and O–H groups in total. The average molecular weight is 537 g/mol. The molecular weight excluding hydrogens is 516 g/mol. The monoisotopic (exact) mass is 536 g/mol. The smallest absolute Gasteiger partial charge is 0.330 e. The highest BCUT2D eigenvalue weighted by Crippen LogP contribution is 2.41. The zero-order valence-electron chi connectivity index (χ0n) is 19.3. The highest BCUT2D eigenvalue weighted by Gasteiger charge is 2.42. The second-order valence-electron chi connectivity index (χ2n) is 8.44. The highest BCUT2D eigenvalue weighted by atomic mass is 35.5. The van der Waals surface area contributed by atoms with Crippen molar-refractivity contribution >= 4 is 23.5 Å². The predicted molar refractivity (Wildman–Crippen MR) is 122 cm³/mol. The summed E-state index contributed by atoms with van der Waals surface area (Å²) in [5.74, 6) is -2.10. The van der Waals surface area contributed by atoms with Crippen LogP contribution in [-0.4, -0.2) is 45.8 Å². The summed E-state index contributed by atoms with van der Waals surface area (Å²) in [7, 11) is 0. The third kappa shape index (κ3) is 6.03. The van der Waals surface area contributed by atoms with Crippen LogP contribution in [0.4, 0.5) is 0 Å². The van der Waals surface area contributed by atoms with Crippen LogP contribution in [-0.2, 0) is 30.6 Å². The Hall–Kier alpha value is -4.04. The van der Waals surface area contributed by atoms with Crippen LogP contribution in [0.5, 0.6) is 5.75 Å². The van der Waals surface area contributed by atoms with Crippen molar-refractivity contribution < 1.29 is 38.9 Å². The Morgan fingerprint density at radius 2 is 1.76 bits per heavy atom. The molecule has 1 aliphatic carbocycles. The van der Waals surface area contributed by atoms with Crippen LogP contribution in [0, 0.1) is 33.1 Å². The Morgan fingerprint density at radius 3 is 2.35 bits per heavy atom. The van der Waals surface area contributed by atoms with E-state index in [1.807, 2.05) is 12.1 Å². The van der Waals surface area contributed by atoms with Crippen molar-refractivity contribution in [3.05, 3.63) is 78.1 Å². The Bertz CT molecular complexity index is 1200. The van der Waals surface area contributed by atoms with Crippen LogP contribution in [0.2, 0.25) is 5.02 Å². The van der Waals surface area contributed by atoms with Crippen molar-refractivity contribution in [2.75, 3.05) is 6.54 Å². The molecule has 4 rings (SSSR count). The van der Waals surface area contributed by atoms with Gasteiger partial charge in [0.05, 0.1) is 12.3 Å². The maximum Gasteiger partial charge on any atom is 0.330 e. The zero-order chi connectivity index (χ0) is 26.7. The number of aromatic nitrogens is 1. The Balaban J connectivity index is 1.38. The van der Waals surface area contributed by atoms with E-state index in [0.29, 0.717) is 16.3 Å². The number of ether oxygens (including phenoxy) is 2. The average Bonchev–Trinajstić information content (AvgIpc) is 3.43. The van der Waals surface area contributed by atoms with Crippen LogP contribution in [0.3, 0.4) is 0 Å². The molecule has 2 heterocycles. The number of carbonyl (C=O) groups is 2. The molecule has 4 atom stereocenters. The van der Waals surface area contributed by atoms with E-state index in [0.717, 1.165) is 11.1 Å². The van der Waals surface area contributed by atoms with E-state index in [2.05, 4.69) is 20.0 Å². The molecule has 0 bridgehead atoms. The third-order valence-corrected chi connectivity index (χ3v) is 6.33. The quantitative estimate of drug-likeness (QED) is 0.282. The number of nitrogens with one attached hydrogen (secondary N) is 1. The molecule has 2 aromatic rings. The van der Waals surface area contributed by atoms with Gasteiger partial charge in [0.15, 0.2) is 5.75 Å². The van der Waals surface area contributed by atoms with Gasteiger partial charge in [-0.1, -0.05) is 23.7 Å². The lowest BCUT2D eigenvalue weighted by atomic mass is 10.0. The van der Waals surface area contributed by atoms with E-state index in [1.54, 1.807) is 25.3 Å². The van der Waals surface area contributed by atoms with E-state index >= 15 is 0 Å². The number of pyridine rings is 1. The Kier molecular flexibility index (Phi) is 7.69. The molecule has 14 nitrogen and oxygen atoms in total. The van der Waals surface area contributed by atoms with Crippen molar-refractivity contribution in [1.82, 2.24) is 10.3 Å². The van der Waals surface area contributed by atoms with Gasteiger partial charge in [0.1, 0.15) is 24.9 Å². The number of hydrogen-bond donors (Lipinski definition) is 1. The number of esters is 1. The Labute approximate surface area is 214 Å². The number of amides is 1. The number of aryl methyl sites for hydroxylation is 1. The van der Waals surface area contributed by atoms with Gasteiger partial charge in [0, 0.05) is 28.3 Å². The molecule has 15 heteroatoms. The minimum Gasteiger partial charge on any atom is -0.423 e. The fourth-order valence-corrected chi connectivity index (χ4v) is 4.53. The first-order chi connectivity index (χ1) is 17.6. The molecular formula is C22H21ClN4O10. The molecule has 37 heavy (non-hydrogen) atoms. The van der Waals surface area contributed by atoms with Crippen LogP contribution < -0.4 is 10.1 Å². The van der Waals surface area contributed by atoms with E-state index in [4.69, 9.17) is 21.1 Å². The molecule has 0 radical (unpaired) electrons.